The zero-order chi connectivity index (χ0) is 19.9. The summed E-state index contributed by atoms with van der Waals surface area (Å²) in [5, 5.41) is 3.17. The summed E-state index contributed by atoms with van der Waals surface area (Å²) in [5.41, 5.74) is 7.94. The molecule has 3 rings (SSSR count). The lowest BCUT2D eigenvalue weighted by molar-refractivity contribution is 0.230. The van der Waals surface area contributed by atoms with Gasteiger partial charge in [-0.25, -0.2) is 0 Å². The molecule has 0 atom stereocenters. The Morgan fingerprint density at radius 3 is 2.46 bits per heavy atom. The zero-order valence-electron chi connectivity index (χ0n) is 15.9. The molecule has 0 bridgehead atoms. The van der Waals surface area contributed by atoms with Gasteiger partial charge in [0.15, 0.2) is 0 Å². The van der Waals surface area contributed by atoms with E-state index in [-0.39, 0.29) is 5.95 Å². The van der Waals surface area contributed by atoms with E-state index in [2.05, 4.69) is 41.1 Å². The summed E-state index contributed by atoms with van der Waals surface area (Å²) in [6.45, 7) is 3.87. The minimum Gasteiger partial charge on any atom is -0.492 e. The van der Waals surface area contributed by atoms with Crippen molar-refractivity contribution in [2.24, 2.45) is 0 Å². The van der Waals surface area contributed by atoms with Crippen LogP contribution >= 0.6 is 15.9 Å². The van der Waals surface area contributed by atoms with Crippen molar-refractivity contribution in [1.29, 1.82) is 0 Å². The molecule has 0 amide bonds. The Morgan fingerprint density at radius 2 is 1.75 bits per heavy atom. The zero-order valence-corrected chi connectivity index (χ0v) is 17.5. The number of hydrogen-bond acceptors (Lipinski definition) is 7. The molecule has 3 N–H and O–H groups in total. The highest BCUT2D eigenvalue weighted by atomic mass is 79.9. The van der Waals surface area contributed by atoms with Crippen LogP contribution in [-0.2, 0) is 6.54 Å². The number of hydrogen-bond donors (Lipinski definition) is 2. The maximum absolute atomic E-state index is 5.85. The number of rotatable bonds is 8. The van der Waals surface area contributed by atoms with Crippen LogP contribution in [0.25, 0.3) is 0 Å². The average Bonchev–Trinajstić information content (AvgIpc) is 2.65. The van der Waals surface area contributed by atoms with E-state index in [1.54, 1.807) is 0 Å². The van der Waals surface area contributed by atoms with Crippen LogP contribution < -0.4 is 15.8 Å². The number of nitrogen functional groups attached to an aromatic ring is 1. The summed E-state index contributed by atoms with van der Waals surface area (Å²) in [4.78, 5) is 14.9. The normalized spacial score (nSPS) is 10.9. The van der Waals surface area contributed by atoms with Crippen molar-refractivity contribution in [1.82, 2.24) is 19.9 Å². The van der Waals surface area contributed by atoms with E-state index in [0.717, 1.165) is 22.5 Å². The van der Waals surface area contributed by atoms with Gasteiger partial charge in [-0.15, -0.1) is 0 Å². The summed E-state index contributed by atoms with van der Waals surface area (Å²) in [6, 6.07) is 15.8. The fourth-order valence-corrected chi connectivity index (χ4v) is 2.77. The van der Waals surface area contributed by atoms with Crippen LogP contribution in [0.4, 0.5) is 17.6 Å². The Kier molecular flexibility index (Phi) is 6.78. The molecule has 0 unspecified atom stereocenters. The molecule has 0 saturated heterocycles. The first-order valence-corrected chi connectivity index (χ1v) is 9.68. The highest BCUT2D eigenvalue weighted by Gasteiger charge is 2.08. The summed E-state index contributed by atoms with van der Waals surface area (Å²) in [6.07, 6.45) is 0. The van der Waals surface area contributed by atoms with E-state index < -0.39 is 0 Å². The molecular formula is C20H23BrN6O. The van der Waals surface area contributed by atoms with Gasteiger partial charge in [0.05, 0.1) is 6.54 Å². The van der Waals surface area contributed by atoms with Gasteiger partial charge in [0.25, 0.3) is 0 Å². The van der Waals surface area contributed by atoms with Crippen molar-refractivity contribution >= 4 is 33.5 Å². The average molecular weight is 443 g/mol. The minimum absolute atomic E-state index is 0.194. The molecule has 0 saturated carbocycles. The van der Waals surface area contributed by atoms with Gasteiger partial charge in [0.2, 0.25) is 11.9 Å². The molecular weight excluding hydrogens is 420 g/mol. The third-order valence-electron chi connectivity index (χ3n) is 3.97. The summed E-state index contributed by atoms with van der Waals surface area (Å²) in [7, 11) is 1.98. The number of nitrogens with zero attached hydrogens (tertiary/aromatic N) is 4. The molecule has 0 aliphatic heterocycles. The monoisotopic (exact) mass is 442 g/mol. The van der Waals surface area contributed by atoms with Crippen LogP contribution in [0.3, 0.4) is 0 Å². The van der Waals surface area contributed by atoms with Crippen LogP contribution in [-0.4, -0.2) is 40.1 Å². The van der Waals surface area contributed by atoms with E-state index in [1.165, 1.54) is 5.56 Å². The van der Waals surface area contributed by atoms with Crippen LogP contribution in [0.5, 0.6) is 5.75 Å². The predicted molar refractivity (Wildman–Crippen MR) is 115 cm³/mol. The Morgan fingerprint density at radius 1 is 1.04 bits per heavy atom. The molecule has 0 fully saturated rings. The third-order valence-corrected chi connectivity index (χ3v) is 4.50. The van der Waals surface area contributed by atoms with Gasteiger partial charge in [-0.3, -0.25) is 4.90 Å². The predicted octanol–water partition coefficient (Wildman–Crippen LogP) is 3.78. The van der Waals surface area contributed by atoms with Crippen molar-refractivity contribution in [2.75, 3.05) is 31.2 Å². The number of ether oxygens (including phenoxy) is 1. The van der Waals surface area contributed by atoms with Gasteiger partial charge >= 0.3 is 0 Å². The van der Waals surface area contributed by atoms with Gasteiger partial charge in [-0.1, -0.05) is 33.6 Å². The van der Waals surface area contributed by atoms with E-state index in [9.17, 15) is 0 Å². The molecule has 0 radical (unpaired) electrons. The Hall–Kier alpha value is -2.71. The van der Waals surface area contributed by atoms with Gasteiger partial charge < -0.3 is 15.8 Å². The smallest absolute Gasteiger partial charge is 0.232 e. The topological polar surface area (TPSA) is 89.2 Å². The fraction of sp³-hybridized carbons (Fsp3) is 0.250. The molecule has 1 heterocycles. The number of anilines is 3. The SMILES string of the molecule is Cc1ccc(Nc2nc(N)nc(CN(C)CCOc3ccc(Br)cc3)n2)cc1. The third kappa shape index (κ3) is 6.17. The largest absolute Gasteiger partial charge is 0.492 e. The van der Waals surface area contributed by atoms with Crippen molar-refractivity contribution in [2.45, 2.75) is 13.5 Å². The second-order valence-electron chi connectivity index (χ2n) is 6.46. The van der Waals surface area contributed by atoms with Gasteiger partial charge in [-0.05, 0) is 50.4 Å². The van der Waals surface area contributed by atoms with Crippen LogP contribution in [0, 0.1) is 6.92 Å². The van der Waals surface area contributed by atoms with Crippen LogP contribution in [0.15, 0.2) is 53.0 Å². The van der Waals surface area contributed by atoms with Crippen molar-refractivity contribution in [3.8, 4) is 5.75 Å². The highest BCUT2D eigenvalue weighted by Crippen LogP contribution is 2.16. The number of nitrogens with two attached hydrogens (primary N) is 1. The second kappa shape index (κ2) is 9.48. The van der Waals surface area contributed by atoms with E-state index in [1.807, 2.05) is 62.5 Å². The van der Waals surface area contributed by atoms with Crippen LogP contribution in [0.2, 0.25) is 0 Å². The highest BCUT2D eigenvalue weighted by molar-refractivity contribution is 9.10. The second-order valence-corrected chi connectivity index (χ2v) is 7.38. The molecule has 146 valence electrons. The molecule has 1 aromatic heterocycles. The lowest BCUT2D eigenvalue weighted by Gasteiger charge is -2.16. The Balaban J connectivity index is 1.54. The summed E-state index contributed by atoms with van der Waals surface area (Å²) < 4.78 is 6.78. The van der Waals surface area contributed by atoms with Crippen molar-refractivity contribution in [3.05, 3.63) is 64.4 Å². The first kappa shape index (κ1) is 20.0. The van der Waals surface area contributed by atoms with E-state index in [4.69, 9.17) is 10.5 Å². The molecule has 28 heavy (non-hydrogen) atoms. The Bertz CT molecular complexity index is 902. The van der Waals surface area contributed by atoms with Gasteiger partial charge in [0.1, 0.15) is 18.2 Å². The molecule has 3 aromatic rings. The molecule has 0 aliphatic rings. The Labute approximate surface area is 173 Å². The van der Waals surface area contributed by atoms with Crippen molar-refractivity contribution < 1.29 is 4.74 Å². The molecule has 2 aromatic carbocycles. The standard InChI is InChI=1S/C20H23BrN6O/c1-14-3-7-16(8-4-14)23-20-25-18(24-19(22)26-20)13-27(2)11-12-28-17-9-5-15(21)6-10-17/h3-10H,11-13H2,1-2H3,(H3,22,23,24,25,26). The van der Waals surface area contributed by atoms with E-state index >= 15 is 0 Å². The maximum atomic E-state index is 5.85. The number of halogens is 1. The number of aryl methyl sites for hydroxylation is 1. The fourth-order valence-electron chi connectivity index (χ4n) is 2.50. The summed E-state index contributed by atoms with van der Waals surface area (Å²) >= 11 is 3.41. The van der Waals surface area contributed by atoms with Crippen LogP contribution in [0.1, 0.15) is 11.4 Å². The number of likely N-dealkylation sites (N-methyl/N-ethyl adjacent to an activating group) is 1. The molecule has 0 spiro atoms. The van der Waals surface area contributed by atoms with Gasteiger partial charge in [-0.2, -0.15) is 15.0 Å². The van der Waals surface area contributed by atoms with Crippen molar-refractivity contribution in [3.63, 3.8) is 0 Å². The quantitative estimate of drug-likeness (QED) is 0.548. The maximum Gasteiger partial charge on any atom is 0.232 e. The lowest BCUT2D eigenvalue weighted by Crippen LogP contribution is -2.25. The molecule has 7 nitrogen and oxygen atoms in total. The summed E-state index contributed by atoms with van der Waals surface area (Å²) in [5.74, 6) is 2.07. The minimum atomic E-state index is 0.194. The number of benzene rings is 2. The first-order valence-electron chi connectivity index (χ1n) is 8.89. The first-order chi connectivity index (χ1) is 13.5. The number of nitrogens with one attached hydrogen (secondary N) is 1. The lowest BCUT2D eigenvalue weighted by atomic mass is 10.2. The van der Waals surface area contributed by atoms with E-state index in [0.29, 0.717) is 24.9 Å². The number of aromatic nitrogens is 3. The molecule has 0 aliphatic carbocycles. The van der Waals surface area contributed by atoms with Gasteiger partial charge in [0, 0.05) is 16.7 Å². The molecule has 8 heteroatoms.